The maximum atomic E-state index is 12.3. The summed E-state index contributed by atoms with van der Waals surface area (Å²) in [5.74, 6) is 0.806. The third-order valence-corrected chi connectivity index (χ3v) is 4.13. The second kappa shape index (κ2) is 8.00. The first-order valence-corrected chi connectivity index (χ1v) is 7.61. The highest BCUT2D eigenvalue weighted by Gasteiger charge is 2.26. The lowest BCUT2D eigenvalue weighted by molar-refractivity contribution is 0.0926. The normalized spacial score (nSPS) is 19.0. The fraction of sp³-hybridized carbons (Fsp3) is 0.562. The quantitative estimate of drug-likeness (QED) is 0.848. The van der Waals surface area contributed by atoms with E-state index in [9.17, 15) is 4.79 Å². The van der Waals surface area contributed by atoms with Gasteiger partial charge < -0.3 is 20.1 Å². The fourth-order valence-electron chi connectivity index (χ4n) is 2.62. The maximum Gasteiger partial charge on any atom is 0.317 e. The van der Waals surface area contributed by atoms with Crippen molar-refractivity contribution in [3.63, 3.8) is 0 Å². The molecule has 0 aromatic heterocycles. The lowest BCUT2D eigenvalue weighted by Gasteiger charge is -2.39. The molecular weight excluding hydrogens is 282 g/mol. The summed E-state index contributed by atoms with van der Waals surface area (Å²) in [7, 11) is 3.67. The van der Waals surface area contributed by atoms with Gasteiger partial charge in [0, 0.05) is 38.8 Å². The van der Waals surface area contributed by atoms with Gasteiger partial charge in [0.15, 0.2) is 0 Å². The number of ether oxygens (including phenoxy) is 1. The Morgan fingerprint density at radius 3 is 2.73 bits per heavy atom. The van der Waals surface area contributed by atoms with E-state index >= 15 is 0 Å². The van der Waals surface area contributed by atoms with Crippen LogP contribution in [-0.2, 0) is 6.54 Å². The molecule has 22 heavy (non-hydrogen) atoms. The standard InChI is InChI=1S/C16H25N3O3/c1-18-8-9-19(12-14(18)7-10-20)16(21)17-11-13-3-5-15(22-2)6-4-13/h3-6,14,20H,7-12H2,1-2H3,(H,17,21). The molecule has 1 unspecified atom stereocenters. The van der Waals surface area contributed by atoms with Crippen molar-refractivity contribution in [2.45, 2.75) is 19.0 Å². The molecule has 2 N–H and O–H groups in total. The minimum atomic E-state index is -0.0492. The predicted molar refractivity (Wildman–Crippen MR) is 84.9 cm³/mol. The van der Waals surface area contributed by atoms with Crippen molar-refractivity contribution in [3.8, 4) is 5.75 Å². The number of carbonyl (C=O) groups excluding carboxylic acids is 1. The lowest BCUT2D eigenvalue weighted by Crippen LogP contribution is -2.55. The zero-order chi connectivity index (χ0) is 15.9. The van der Waals surface area contributed by atoms with Gasteiger partial charge in [-0.25, -0.2) is 4.79 Å². The average molecular weight is 307 g/mol. The Kier molecular flexibility index (Phi) is 6.03. The number of hydrogen-bond donors (Lipinski definition) is 2. The van der Waals surface area contributed by atoms with E-state index in [-0.39, 0.29) is 18.7 Å². The van der Waals surface area contributed by atoms with Gasteiger partial charge in [-0.1, -0.05) is 12.1 Å². The van der Waals surface area contributed by atoms with E-state index in [1.807, 2.05) is 36.2 Å². The van der Waals surface area contributed by atoms with Crippen molar-refractivity contribution in [3.05, 3.63) is 29.8 Å². The van der Waals surface area contributed by atoms with Gasteiger partial charge in [0.2, 0.25) is 0 Å². The smallest absolute Gasteiger partial charge is 0.317 e. The van der Waals surface area contributed by atoms with Crippen LogP contribution in [0.5, 0.6) is 5.75 Å². The number of amides is 2. The van der Waals surface area contributed by atoms with Crippen molar-refractivity contribution < 1.29 is 14.6 Å². The molecule has 1 aromatic carbocycles. The molecular formula is C16H25N3O3. The SMILES string of the molecule is COc1ccc(CNC(=O)N2CCN(C)C(CCO)C2)cc1. The molecule has 1 aliphatic rings. The van der Waals surface area contributed by atoms with Gasteiger partial charge >= 0.3 is 6.03 Å². The summed E-state index contributed by atoms with van der Waals surface area (Å²) in [5.41, 5.74) is 1.04. The first kappa shape index (κ1) is 16.6. The molecule has 1 atom stereocenters. The van der Waals surface area contributed by atoms with Gasteiger partial charge in [0.25, 0.3) is 0 Å². The van der Waals surface area contributed by atoms with Crippen molar-refractivity contribution in [2.24, 2.45) is 0 Å². The van der Waals surface area contributed by atoms with Gasteiger partial charge in [0.1, 0.15) is 5.75 Å². The highest BCUT2D eigenvalue weighted by molar-refractivity contribution is 5.74. The maximum absolute atomic E-state index is 12.3. The molecule has 6 nitrogen and oxygen atoms in total. The molecule has 0 bridgehead atoms. The summed E-state index contributed by atoms with van der Waals surface area (Å²) in [6.07, 6.45) is 0.693. The van der Waals surface area contributed by atoms with E-state index in [4.69, 9.17) is 9.84 Å². The molecule has 0 aliphatic carbocycles. The van der Waals surface area contributed by atoms with Crippen molar-refractivity contribution in [2.75, 3.05) is 40.4 Å². The molecule has 1 aromatic rings. The van der Waals surface area contributed by atoms with Crippen LogP contribution in [0.3, 0.4) is 0 Å². The summed E-state index contributed by atoms with van der Waals surface area (Å²) < 4.78 is 5.11. The number of aliphatic hydroxyl groups is 1. The van der Waals surface area contributed by atoms with Crippen LogP contribution in [-0.4, -0.2) is 67.4 Å². The summed E-state index contributed by atoms with van der Waals surface area (Å²) >= 11 is 0. The summed E-state index contributed by atoms with van der Waals surface area (Å²) in [4.78, 5) is 16.3. The number of likely N-dealkylation sites (N-methyl/N-ethyl adjacent to an activating group) is 1. The van der Waals surface area contributed by atoms with E-state index in [1.165, 1.54) is 0 Å². The van der Waals surface area contributed by atoms with Crippen LogP contribution < -0.4 is 10.1 Å². The van der Waals surface area contributed by atoms with E-state index < -0.39 is 0 Å². The molecule has 0 spiro atoms. The molecule has 1 saturated heterocycles. The molecule has 1 fully saturated rings. The Morgan fingerprint density at radius 2 is 2.09 bits per heavy atom. The molecule has 1 heterocycles. The number of nitrogens with one attached hydrogen (secondary N) is 1. The number of carbonyl (C=O) groups is 1. The van der Waals surface area contributed by atoms with Gasteiger partial charge in [0.05, 0.1) is 7.11 Å². The minimum Gasteiger partial charge on any atom is -0.497 e. The Bertz CT molecular complexity index is 478. The molecule has 2 rings (SSSR count). The number of nitrogens with zero attached hydrogens (tertiary/aromatic N) is 2. The monoisotopic (exact) mass is 307 g/mol. The number of aliphatic hydroxyl groups excluding tert-OH is 1. The number of methoxy groups -OCH3 is 1. The first-order valence-electron chi connectivity index (χ1n) is 7.61. The number of benzene rings is 1. The topological polar surface area (TPSA) is 65.0 Å². The zero-order valence-corrected chi connectivity index (χ0v) is 13.3. The molecule has 1 aliphatic heterocycles. The number of rotatable bonds is 5. The van der Waals surface area contributed by atoms with E-state index in [1.54, 1.807) is 7.11 Å². The van der Waals surface area contributed by atoms with Crippen LogP contribution in [0.15, 0.2) is 24.3 Å². The van der Waals surface area contributed by atoms with Crippen molar-refractivity contribution in [1.29, 1.82) is 0 Å². The molecule has 0 radical (unpaired) electrons. The Hall–Kier alpha value is -1.79. The Balaban J connectivity index is 1.83. The number of urea groups is 1. The number of piperazine rings is 1. The van der Waals surface area contributed by atoms with Crippen molar-refractivity contribution >= 4 is 6.03 Å². The lowest BCUT2D eigenvalue weighted by atomic mass is 10.1. The first-order chi connectivity index (χ1) is 10.6. The molecule has 6 heteroatoms. The van der Waals surface area contributed by atoms with Crippen LogP contribution in [0, 0.1) is 0 Å². The fourth-order valence-corrected chi connectivity index (χ4v) is 2.62. The van der Waals surface area contributed by atoms with E-state index in [0.717, 1.165) is 17.9 Å². The van der Waals surface area contributed by atoms with Crippen molar-refractivity contribution in [1.82, 2.24) is 15.1 Å². The Morgan fingerprint density at radius 1 is 1.36 bits per heavy atom. The Labute approximate surface area is 131 Å². The van der Waals surface area contributed by atoms with Crippen LogP contribution in [0.25, 0.3) is 0 Å². The van der Waals surface area contributed by atoms with Crippen LogP contribution in [0.2, 0.25) is 0 Å². The molecule has 0 saturated carbocycles. The van der Waals surface area contributed by atoms with Crippen LogP contribution in [0.1, 0.15) is 12.0 Å². The zero-order valence-electron chi connectivity index (χ0n) is 13.3. The molecule has 2 amide bonds. The molecule has 122 valence electrons. The van der Waals surface area contributed by atoms with E-state index in [0.29, 0.717) is 26.1 Å². The average Bonchev–Trinajstić information content (AvgIpc) is 2.55. The van der Waals surface area contributed by atoms with Crippen LogP contribution >= 0.6 is 0 Å². The summed E-state index contributed by atoms with van der Waals surface area (Å²) in [5, 5.41) is 12.0. The number of hydrogen-bond acceptors (Lipinski definition) is 4. The summed E-state index contributed by atoms with van der Waals surface area (Å²) in [6.45, 7) is 2.86. The predicted octanol–water partition coefficient (Wildman–Crippen LogP) is 0.903. The minimum absolute atomic E-state index is 0.0492. The van der Waals surface area contributed by atoms with Gasteiger partial charge in [-0.3, -0.25) is 4.90 Å². The van der Waals surface area contributed by atoms with Gasteiger partial charge in [-0.2, -0.15) is 0 Å². The third-order valence-electron chi connectivity index (χ3n) is 4.13. The van der Waals surface area contributed by atoms with Gasteiger partial charge in [-0.15, -0.1) is 0 Å². The van der Waals surface area contributed by atoms with E-state index in [2.05, 4.69) is 10.2 Å². The van der Waals surface area contributed by atoms with Gasteiger partial charge in [-0.05, 0) is 31.2 Å². The second-order valence-corrected chi connectivity index (χ2v) is 5.60. The highest BCUT2D eigenvalue weighted by atomic mass is 16.5. The van der Waals surface area contributed by atoms with Crippen LogP contribution in [0.4, 0.5) is 4.79 Å². The second-order valence-electron chi connectivity index (χ2n) is 5.60. The summed E-state index contributed by atoms with van der Waals surface area (Å²) in [6, 6.07) is 7.83. The largest absolute Gasteiger partial charge is 0.497 e. The third kappa shape index (κ3) is 4.35. The highest BCUT2D eigenvalue weighted by Crippen LogP contribution is 2.13.